The second kappa shape index (κ2) is 8.17. The Labute approximate surface area is 150 Å². The highest BCUT2D eigenvalue weighted by atomic mass is 16.5. The number of amides is 1. The van der Waals surface area contributed by atoms with Gasteiger partial charge in [-0.2, -0.15) is 5.06 Å². The van der Waals surface area contributed by atoms with Gasteiger partial charge in [0.2, 0.25) is 5.91 Å². The third-order valence-corrected chi connectivity index (χ3v) is 4.56. The van der Waals surface area contributed by atoms with Crippen molar-refractivity contribution in [2.75, 3.05) is 5.06 Å². The largest absolute Gasteiger partial charge is 0.489 e. The standard InChI is InChI=1S/C21H27NO3/c1-6-17-9-8-10-19(22(24)21(23)7-2)18(17)13-25-20-12-15(4)14(3)11-16(20)5/h8-12,24H,6-7,13H2,1-5H3. The monoisotopic (exact) mass is 341 g/mol. The number of hydrogen-bond acceptors (Lipinski definition) is 3. The molecule has 0 aliphatic heterocycles. The molecule has 0 spiro atoms. The van der Waals surface area contributed by atoms with Crippen molar-refractivity contribution in [2.45, 2.75) is 54.1 Å². The highest BCUT2D eigenvalue weighted by Gasteiger charge is 2.18. The molecule has 4 heteroatoms. The summed E-state index contributed by atoms with van der Waals surface area (Å²) in [5.74, 6) is 0.489. The van der Waals surface area contributed by atoms with Gasteiger partial charge in [-0.1, -0.05) is 32.0 Å². The first-order valence-corrected chi connectivity index (χ1v) is 8.72. The van der Waals surface area contributed by atoms with Gasteiger partial charge in [0.1, 0.15) is 12.4 Å². The van der Waals surface area contributed by atoms with Gasteiger partial charge in [0.15, 0.2) is 0 Å². The molecule has 0 radical (unpaired) electrons. The average Bonchev–Trinajstić information content (AvgIpc) is 2.61. The van der Waals surface area contributed by atoms with Crippen molar-refractivity contribution >= 4 is 11.6 Å². The highest BCUT2D eigenvalue weighted by molar-refractivity contribution is 5.91. The molecule has 0 atom stereocenters. The fraction of sp³-hybridized carbons (Fsp3) is 0.381. The molecule has 0 fully saturated rings. The number of rotatable bonds is 6. The van der Waals surface area contributed by atoms with E-state index in [1.165, 1.54) is 11.1 Å². The maximum absolute atomic E-state index is 11.9. The number of hydrogen-bond donors (Lipinski definition) is 1. The topological polar surface area (TPSA) is 49.8 Å². The van der Waals surface area contributed by atoms with Crippen molar-refractivity contribution in [2.24, 2.45) is 0 Å². The molecule has 0 saturated heterocycles. The minimum absolute atomic E-state index is 0.239. The number of aryl methyl sites for hydroxylation is 4. The third kappa shape index (κ3) is 4.20. The van der Waals surface area contributed by atoms with Crippen LogP contribution in [0.15, 0.2) is 30.3 Å². The zero-order chi connectivity index (χ0) is 18.6. The van der Waals surface area contributed by atoms with Gasteiger partial charge in [0.25, 0.3) is 0 Å². The van der Waals surface area contributed by atoms with Crippen LogP contribution in [0.25, 0.3) is 0 Å². The number of carbonyl (C=O) groups is 1. The van der Waals surface area contributed by atoms with Gasteiger partial charge in [-0.05, 0) is 61.6 Å². The summed E-state index contributed by atoms with van der Waals surface area (Å²) in [7, 11) is 0. The average molecular weight is 341 g/mol. The Morgan fingerprint density at radius 2 is 1.76 bits per heavy atom. The molecule has 0 aliphatic rings. The Morgan fingerprint density at radius 1 is 1.08 bits per heavy atom. The van der Waals surface area contributed by atoms with Gasteiger partial charge >= 0.3 is 0 Å². The fourth-order valence-corrected chi connectivity index (χ4v) is 2.84. The van der Waals surface area contributed by atoms with Crippen molar-refractivity contribution < 1.29 is 14.7 Å². The molecule has 0 heterocycles. The Kier molecular flexibility index (Phi) is 6.21. The van der Waals surface area contributed by atoms with Crippen LogP contribution in [0.5, 0.6) is 5.75 Å². The summed E-state index contributed by atoms with van der Waals surface area (Å²) in [6.07, 6.45) is 1.04. The number of benzene rings is 2. The van der Waals surface area contributed by atoms with Crippen LogP contribution in [0, 0.1) is 20.8 Å². The van der Waals surface area contributed by atoms with Crippen LogP contribution < -0.4 is 9.80 Å². The predicted molar refractivity (Wildman–Crippen MR) is 100 cm³/mol. The van der Waals surface area contributed by atoms with Gasteiger partial charge in [-0.25, -0.2) is 0 Å². The van der Waals surface area contributed by atoms with Gasteiger partial charge in [0.05, 0.1) is 5.69 Å². The van der Waals surface area contributed by atoms with Crippen molar-refractivity contribution in [3.8, 4) is 5.75 Å². The molecule has 0 aromatic heterocycles. The van der Waals surface area contributed by atoms with E-state index in [2.05, 4.69) is 19.9 Å². The Bertz CT molecular complexity index is 768. The Balaban J connectivity index is 2.35. The Morgan fingerprint density at radius 3 is 2.40 bits per heavy atom. The van der Waals surface area contributed by atoms with Crippen molar-refractivity contribution in [1.82, 2.24) is 0 Å². The molecule has 0 unspecified atom stereocenters. The van der Waals surface area contributed by atoms with Crippen molar-refractivity contribution in [3.63, 3.8) is 0 Å². The second-order valence-electron chi connectivity index (χ2n) is 6.32. The molecule has 1 N–H and O–H groups in total. The van der Waals surface area contributed by atoms with Crippen LogP contribution >= 0.6 is 0 Å². The van der Waals surface area contributed by atoms with Gasteiger partial charge < -0.3 is 4.74 Å². The summed E-state index contributed by atoms with van der Waals surface area (Å²) in [5, 5.41) is 11.0. The van der Waals surface area contributed by atoms with Crippen LogP contribution in [-0.4, -0.2) is 11.1 Å². The van der Waals surface area contributed by atoms with Gasteiger partial charge in [0, 0.05) is 12.0 Å². The minimum atomic E-state index is -0.336. The summed E-state index contributed by atoms with van der Waals surface area (Å²) < 4.78 is 6.06. The normalized spacial score (nSPS) is 10.6. The van der Waals surface area contributed by atoms with E-state index in [0.29, 0.717) is 12.3 Å². The predicted octanol–water partition coefficient (Wildman–Crippen LogP) is 4.89. The fourth-order valence-electron chi connectivity index (χ4n) is 2.84. The van der Waals surface area contributed by atoms with Crippen LogP contribution in [0.1, 0.15) is 48.1 Å². The molecule has 0 aliphatic carbocycles. The van der Waals surface area contributed by atoms with E-state index < -0.39 is 0 Å². The summed E-state index contributed by atoms with van der Waals surface area (Å²) in [4.78, 5) is 11.9. The first-order chi connectivity index (χ1) is 11.9. The lowest BCUT2D eigenvalue weighted by molar-refractivity contribution is -0.123. The lowest BCUT2D eigenvalue weighted by Crippen LogP contribution is -2.27. The van der Waals surface area contributed by atoms with E-state index in [1.54, 1.807) is 13.0 Å². The highest BCUT2D eigenvalue weighted by Crippen LogP contribution is 2.28. The smallest absolute Gasteiger partial charge is 0.250 e. The van der Waals surface area contributed by atoms with E-state index >= 15 is 0 Å². The molecule has 2 aromatic rings. The molecule has 0 saturated carbocycles. The van der Waals surface area contributed by atoms with Crippen LogP contribution in [0.2, 0.25) is 0 Å². The summed E-state index contributed by atoms with van der Waals surface area (Å²) in [6, 6.07) is 9.74. The maximum atomic E-state index is 11.9. The van der Waals surface area contributed by atoms with Crippen LogP contribution in [-0.2, 0) is 17.8 Å². The first-order valence-electron chi connectivity index (χ1n) is 8.72. The number of ether oxygens (including phenoxy) is 1. The maximum Gasteiger partial charge on any atom is 0.250 e. The molecule has 2 aromatic carbocycles. The quantitative estimate of drug-likeness (QED) is 0.601. The molecular weight excluding hydrogens is 314 g/mol. The molecule has 0 bridgehead atoms. The van der Waals surface area contributed by atoms with E-state index in [-0.39, 0.29) is 12.3 Å². The lowest BCUT2D eigenvalue weighted by Gasteiger charge is -2.21. The lowest BCUT2D eigenvalue weighted by atomic mass is 10.0. The SMILES string of the molecule is CCC(=O)N(O)c1cccc(CC)c1COc1cc(C)c(C)cc1C. The van der Waals surface area contributed by atoms with Crippen molar-refractivity contribution in [1.29, 1.82) is 0 Å². The van der Waals surface area contributed by atoms with Crippen LogP contribution in [0.4, 0.5) is 5.69 Å². The number of carbonyl (C=O) groups excluding carboxylic acids is 1. The molecule has 1 amide bonds. The van der Waals surface area contributed by atoms with E-state index in [4.69, 9.17) is 4.74 Å². The number of anilines is 1. The number of hydroxylamine groups is 1. The summed E-state index contributed by atoms with van der Waals surface area (Å²) in [5.41, 5.74) is 5.87. The zero-order valence-electron chi connectivity index (χ0n) is 15.7. The molecule has 134 valence electrons. The first kappa shape index (κ1) is 19.0. The van der Waals surface area contributed by atoms with E-state index in [1.807, 2.05) is 32.0 Å². The van der Waals surface area contributed by atoms with E-state index in [0.717, 1.165) is 33.9 Å². The van der Waals surface area contributed by atoms with Crippen molar-refractivity contribution in [3.05, 3.63) is 58.1 Å². The molecule has 2 rings (SSSR count). The summed E-state index contributed by atoms with van der Waals surface area (Å²) >= 11 is 0. The minimum Gasteiger partial charge on any atom is -0.489 e. The molecule has 4 nitrogen and oxygen atoms in total. The van der Waals surface area contributed by atoms with Gasteiger partial charge in [-0.15, -0.1) is 0 Å². The number of nitrogens with zero attached hydrogens (tertiary/aromatic N) is 1. The Hall–Kier alpha value is -2.33. The van der Waals surface area contributed by atoms with E-state index in [9.17, 15) is 10.0 Å². The third-order valence-electron chi connectivity index (χ3n) is 4.56. The zero-order valence-corrected chi connectivity index (χ0v) is 15.7. The van der Waals surface area contributed by atoms with Crippen LogP contribution in [0.3, 0.4) is 0 Å². The molecule has 25 heavy (non-hydrogen) atoms. The summed E-state index contributed by atoms with van der Waals surface area (Å²) in [6.45, 7) is 10.2. The second-order valence-corrected chi connectivity index (χ2v) is 6.32. The molecular formula is C21H27NO3. The van der Waals surface area contributed by atoms with Gasteiger partial charge in [-0.3, -0.25) is 10.0 Å².